The van der Waals surface area contributed by atoms with Crippen LogP contribution in [0.5, 0.6) is 0 Å². The Morgan fingerprint density at radius 2 is 1.90 bits per heavy atom. The normalized spacial score (nSPS) is 19.7. The third kappa shape index (κ3) is 2.39. The lowest BCUT2D eigenvalue weighted by atomic mass is 9.90. The van der Waals surface area contributed by atoms with E-state index in [0.29, 0.717) is 5.92 Å². The van der Waals surface area contributed by atoms with Crippen molar-refractivity contribution < 1.29 is 4.39 Å². The maximum atomic E-state index is 11.6. The molecule has 0 unspecified atom stereocenters. The van der Waals surface area contributed by atoms with Gasteiger partial charge < -0.3 is 0 Å². The van der Waals surface area contributed by atoms with Gasteiger partial charge in [0.05, 0.1) is 0 Å². The number of rotatable bonds is 0. The molecule has 1 fully saturated rings. The molecule has 1 rings (SSSR count). The lowest BCUT2D eigenvalue weighted by Gasteiger charge is -2.15. The zero-order valence-corrected chi connectivity index (χ0v) is 6.20. The molecule has 0 bridgehead atoms. The van der Waals surface area contributed by atoms with E-state index in [1.807, 2.05) is 0 Å². The monoisotopic (exact) mass is 140 g/mol. The summed E-state index contributed by atoms with van der Waals surface area (Å²) in [5, 5.41) is 0. The van der Waals surface area contributed by atoms with Crippen LogP contribution >= 0.6 is 0 Å². The molecule has 10 heavy (non-hydrogen) atoms. The van der Waals surface area contributed by atoms with Crippen LogP contribution in [0.2, 0.25) is 0 Å². The van der Waals surface area contributed by atoms with Crippen LogP contribution < -0.4 is 0 Å². The van der Waals surface area contributed by atoms with Gasteiger partial charge in [0, 0.05) is 5.92 Å². The molecule has 0 amide bonds. The summed E-state index contributed by atoms with van der Waals surface area (Å²) in [6, 6.07) is 0. The van der Waals surface area contributed by atoms with Gasteiger partial charge in [-0.15, -0.1) is 0 Å². The number of alkyl halides is 1. The maximum absolute atomic E-state index is 11.6. The fraction of sp³-hybridized carbons (Fsp3) is 0.778. The average molecular weight is 140 g/mol. The van der Waals surface area contributed by atoms with Crippen LogP contribution in [0.25, 0.3) is 0 Å². The molecular weight excluding hydrogens is 127 g/mol. The zero-order chi connectivity index (χ0) is 7.23. The molecule has 0 aromatic heterocycles. The number of hydrogen-bond acceptors (Lipinski definition) is 0. The van der Waals surface area contributed by atoms with Crippen molar-refractivity contribution in [1.82, 2.24) is 0 Å². The highest BCUT2D eigenvalue weighted by Gasteiger charge is 2.09. The number of halogens is 1. The van der Waals surface area contributed by atoms with Crippen molar-refractivity contribution >= 4 is 0 Å². The molecule has 0 aromatic rings. The Labute approximate surface area is 61.8 Å². The predicted octanol–water partition coefficient (Wildman–Crippen LogP) is 2.54. The molecule has 0 aliphatic heterocycles. The first-order valence-electron chi connectivity index (χ1n) is 3.98. The van der Waals surface area contributed by atoms with Crippen LogP contribution in [0.3, 0.4) is 0 Å². The largest absolute Gasteiger partial charge is 0.237 e. The lowest BCUT2D eigenvalue weighted by molar-refractivity contribution is 0.429. The average Bonchev–Trinajstić information content (AvgIpc) is 2.03. The van der Waals surface area contributed by atoms with Crippen molar-refractivity contribution in [2.24, 2.45) is 5.92 Å². The van der Waals surface area contributed by atoms with Gasteiger partial charge in [0.2, 0.25) is 0 Å². The molecule has 0 N–H and O–H groups in total. The third-order valence-corrected chi connectivity index (χ3v) is 1.98. The van der Waals surface area contributed by atoms with E-state index in [1.165, 1.54) is 32.1 Å². The summed E-state index contributed by atoms with van der Waals surface area (Å²) in [4.78, 5) is 0. The van der Waals surface area contributed by atoms with Crippen LogP contribution in [0.4, 0.5) is 4.39 Å². The van der Waals surface area contributed by atoms with Gasteiger partial charge in [-0.05, 0) is 12.8 Å². The Morgan fingerprint density at radius 1 is 1.20 bits per heavy atom. The highest BCUT2D eigenvalue weighted by atomic mass is 19.1. The van der Waals surface area contributed by atoms with E-state index >= 15 is 0 Å². The Morgan fingerprint density at radius 3 is 2.50 bits per heavy atom. The highest BCUT2D eigenvalue weighted by Crippen LogP contribution is 2.22. The van der Waals surface area contributed by atoms with Gasteiger partial charge in [-0.2, -0.15) is 0 Å². The summed E-state index contributed by atoms with van der Waals surface area (Å²) in [5.41, 5.74) is 0. The SMILES string of the molecule is FCC#CC1CCCCC1. The van der Waals surface area contributed by atoms with Gasteiger partial charge in [0.25, 0.3) is 0 Å². The quantitative estimate of drug-likeness (QED) is 0.453. The van der Waals surface area contributed by atoms with E-state index in [-0.39, 0.29) is 0 Å². The fourth-order valence-corrected chi connectivity index (χ4v) is 1.43. The molecule has 0 nitrogen and oxygen atoms in total. The molecule has 0 saturated heterocycles. The molecule has 0 heterocycles. The smallest absolute Gasteiger partial charge is 0.150 e. The minimum Gasteiger partial charge on any atom is -0.237 e. The zero-order valence-electron chi connectivity index (χ0n) is 6.20. The first kappa shape index (κ1) is 7.60. The molecule has 1 heteroatoms. The minimum atomic E-state index is -0.476. The predicted molar refractivity (Wildman–Crippen MR) is 40.3 cm³/mol. The van der Waals surface area contributed by atoms with Gasteiger partial charge in [-0.25, -0.2) is 4.39 Å². The van der Waals surface area contributed by atoms with Gasteiger partial charge >= 0.3 is 0 Å². The summed E-state index contributed by atoms with van der Waals surface area (Å²) >= 11 is 0. The summed E-state index contributed by atoms with van der Waals surface area (Å²) in [6.07, 6.45) is 6.28. The summed E-state index contributed by atoms with van der Waals surface area (Å²) in [5.74, 6) is 5.95. The molecule has 1 aliphatic rings. The van der Waals surface area contributed by atoms with Crippen LogP contribution in [-0.2, 0) is 0 Å². The van der Waals surface area contributed by atoms with Crippen molar-refractivity contribution in [3.05, 3.63) is 0 Å². The first-order valence-corrected chi connectivity index (χ1v) is 3.98. The molecule has 0 radical (unpaired) electrons. The van der Waals surface area contributed by atoms with E-state index in [4.69, 9.17) is 0 Å². The fourth-order valence-electron chi connectivity index (χ4n) is 1.43. The summed E-state index contributed by atoms with van der Waals surface area (Å²) in [7, 11) is 0. The van der Waals surface area contributed by atoms with Crippen molar-refractivity contribution in [2.45, 2.75) is 32.1 Å². The van der Waals surface area contributed by atoms with Crippen molar-refractivity contribution in [3.63, 3.8) is 0 Å². The third-order valence-electron chi connectivity index (χ3n) is 1.98. The molecule has 56 valence electrons. The highest BCUT2D eigenvalue weighted by molar-refractivity contribution is 5.04. The van der Waals surface area contributed by atoms with Crippen molar-refractivity contribution in [3.8, 4) is 11.8 Å². The van der Waals surface area contributed by atoms with Crippen molar-refractivity contribution in [2.75, 3.05) is 6.67 Å². The van der Waals surface area contributed by atoms with E-state index < -0.39 is 6.67 Å². The Kier molecular flexibility index (Phi) is 3.29. The Balaban J connectivity index is 2.25. The summed E-state index contributed by atoms with van der Waals surface area (Å²) < 4.78 is 11.6. The van der Waals surface area contributed by atoms with Crippen LogP contribution in [0.1, 0.15) is 32.1 Å². The van der Waals surface area contributed by atoms with Crippen LogP contribution in [0, 0.1) is 17.8 Å². The second kappa shape index (κ2) is 4.33. The topological polar surface area (TPSA) is 0 Å². The van der Waals surface area contributed by atoms with E-state index in [1.54, 1.807) is 0 Å². The molecule has 1 aliphatic carbocycles. The standard InChI is InChI=1S/C9H13F/c10-8-4-7-9-5-2-1-3-6-9/h9H,1-3,5-6,8H2. The van der Waals surface area contributed by atoms with Gasteiger partial charge in [0.1, 0.15) is 6.67 Å². The van der Waals surface area contributed by atoms with Gasteiger partial charge in [0.15, 0.2) is 0 Å². The Hall–Kier alpha value is -0.510. The van der Waals surface area contributed by atoms with E-state index in [2.05, 4.69) is 11.8 Å². The maximum Gasteiger partial charge on any atom is 0.150 e. The van der Waals surface area contributed by atoms with Gasteiger partial charge in [-0.3, -0.25) is 0 Å². The van der Waals surface area contributed by atoms with Crippen LogP contribution in [0.15, 0.2) is 0 Å². The molecular formula is C9H13F. The van der Waals surface area contributed by atoms with Gasteiger partial charge in [-0.1, -0.05) is 31.1 Å². The second-order valence-electron chi connectivity index (χ2n) is 2.79. The molecule has 0 spiro atoms. The molecule has 0 atom stereocenters. The lowest BCUT2D eigenvalue weighted by Crippen LogP contribution is -2.02. The number of hydrogen-bond donors (Lipinski definition) is 0. The summed E-state index contributed by atoms with van der Waals surface area (Å²) in [6.45, 7) is -0.476. The van der Waals surface area contributed by atoms with Crippen molar-refractivity contribution in [1.29, 1.82) is 0 Å². The van der Waals surface area contributed by atoms with E-state index in [0.717, 1.165) is 0 Å². The molecule has 0 aromatic carbocycles. The first-order chi connectivity index (χ1) is 4.93. The second-order valence-corrected chi connectivity index (χ2v) is 2.79. The molecule has 1 saturated carbocycles. The minimum absolute atomic E-state index is 0.476. The Bertz CT molecular complexity index is 135. The van der Waals surface area contributed by atoms with E-state index in [9.17, 15) is 4.39 Å². The van der Waals surface area contributed by atoms with Crippen LogP contribution in [-0.4, -0.2) is 6.67 Å².